The van der Waals surface area contributed by atoms with Crippen molar-refractivity contribution >= 4 is 23.4 Å². The molecule has 0 radical (unpaired) electrons. The molecule has 0 saturated heterocycles. The number of rotatable bonds is 5. The molecule has 0 aliphatic carbocycles. The van der Waals surface area contributed by atoms with Crippen molar-refractivity contribution in [2.24, 2.45) is 7.05 Å². The number of halogens is 1. The number of benzene rings is 1. The largest absolute Gasteiger partial charge is 0.451 e. The highest BCUT2D eigenvalue weighted by Gasteiger charge is 2.16. The van der Waals surface area contributed by atoms with E-state index >= 15 is 0 Å². The van der Waals surface area contributed by atoms with Crippen molar-refractivity contribution < 1.29 is 18.7 Å². The summed E-state index contributed by atoms with van der Waals surface area (Å²) in [5.74, 6) is 0.163. The molecule has 0 bridgehead atoms. The number of Topliss-reactive ketones (excluding diaryl/α,β-unsaturated/α-hetero) is 1. The molecule has 3 aromatic rings. The van der Waals surface area contributed by atoms with Gasteiger partial charge in [-0.3, -0.25) is 4.79 Å². The number of oxazole rings is 1. The van der Waals surface area contributed by atoms with E-state index in [0.29, 0.717) is 16.3 Å². The molecule has 2 aromatic heterocycles. The zero-order valence-electron chi connectivity index (χ0n) is 13.7. The molecule has 0 atom stereocenters. The molecule has 128 valence electrons. The summed E-state index contributed by atoms with van der Waals surface area (Å²) in [6, 6.07) is 8.62. The lowest BCUT2D eigenvalue weighted by molar-refractivity contribution is 0.0428. The molecule has 0 aliphatic heterocycles. The Bertz CT molecular complexity index is 925. The molecule has 2 heterocycles. The molecule has 0 spiro atoms. The zero-order chi connectivity index (χ0) is 18.0. The van der Waals surface area contributed by atoms with Crippen LogP contribution in [-0.4, -0.2) is 21.3 Å². The van der Waals surface area contributed by atoms with Gasteiger partial charge in [-0.25, -0.2) is 9.78 Å². The van der Waals surface area contributed by atoms with Crippen LogP contribution in [0.2, 0.25) is 5.02 Å². The highest BCUT2D eigenvalue weighted by molar-refractivity contribution is 6.30. The van der Waals surface area contributed by atoms with E-state index in [0.717, 1.165) is 5.56 Å². The van der Waals surface area contributed by atoms with Gasteiger partial charge in [-0.2, -0.15) is 0 Å². The molecule has 6 nitrogen and oxygen atoms in total. The molecule has 0 N–H and O–H groups in total. The molecule has 3 rings (SSSR count). The van der Waals surface area contributed by atoms with Crippen LogP contribution in [-0.2, 0) is 18.4 Å². The van der Waals surface area contributed by atoms with E-state index < -0.39 is 5.97 Å². The lowest BCUT2D eigenvalue weighted by Gasteiger charge is -2.03. The summed E-state index contributed by atoms with van der Waals surface area (Å²) in [4.78, 5) is 27.6. The van der Waals surface area contributed by atoms with Crippen molar-refractivity contribution in [1.29, 1.82) is 0 Å². The van der Waals surface area contributed by atoms with Gasteiger partial charge in [0.15, 0.2) is 18.2 Å². The zero-order valence-corrected chi connectivity index (χ0v) is 14.4. The minimum Gasteiger partial charge on any atom is -0.451 e. The highest BCUT2D eigenvalue weighted by atomic mass is 35.5. The van der Waals surface area contributed by atoms with Gasteiger partial charge in [0.2, 0.25) is 5.89 Å². The van der Waals surface area contributed by atoms with Crippen molar-refractivity contribution in [2.45, 2.75) is 13.5 Å². The van der Waals surface area contributed by atoms with Gasteiger partial charge in [-0.05, 0) is 37.3 Å². The maximum atomic E-state index is 12.2. The Hall–Kier alpha value is -2.86. The number of carbonyl (C=O) groups excluding carboxylic acids is 2. The number of ether oxygens (including phenoxy) is 1. The van der Waals surface area contributed by atoms with Crippen molar-refractivity contribution in [3.63, 3.8) is 0 Å². The molecule has 0 unspecified atom stereocenters. The standard InChI is InChI=1S/C18H15ClN2O4/c1-11(22)13-7-15(21(2)9-13)18(23)24-10-17-20-8-16(25-17)12-3-5-14(19)6-4-12/h3-9H,10H2,1-2H3. The number of nitrogens with zero attached hydrogens (tertiary/aromatic N) is 2. The Morgan fingerprint density at radius 2 is 2.00 bits per heavy atom. The number of ketones is 1. The normalized spacial score (nSPS) is 10.7. The Morgan fingerprint density at radius 1 is 1.28 bits per heavy atom. The monoisotopic (exact) mass is 358 g/mol. The summed E-state index contributed by atoms with van der Waals surface area (Å²) < 4.78 is 12.3. The molecular weight excluding hydrogens is 344 g/mol. The van der Waals surface area contributed by atoms with E-state index in [1.807, 2.05) is 12.1 Å². The summed E-state index contributed by atoms with van der Waals surface area (Å²) >= 11 is 5.85. The molecule has 25 heavy (non-hydrogen) atoms. The average Bonchev–Trinajstić information content (AvgIpc) is 3.20. The summed E-state index contributed by atoms with van der Waals surface area (Å²) in [5, 5.41) is 0.630. The van der Waals surface area contributed by atoms with Crippen LogP contribution in [0.15, 0.2) is 47.1 Å². The maximum Gasteiger partial charge on any atom is 0.355 e. The number of aromatic nitrogens is 2. The molecule has 0 aliphatic rings. The van der Waals surface area contributed by atoms with E-state index in [9.17, 15) is 9.59 Å². The van der Waals surface area contributed by atoms with Crippen LogP contribution >= 0.6 is 11.6 Å². The second-order valence-corrected chi connectivity index (χ2v) is 5.92. The second-order valence-electron chi connectivity index (χ2n) is 5.48. The van der Waals surface area contributed by atoms with E-state index in [4.69, 9.17) is 20.8 Å². The van der Waals surface area contributed by atoms with Crippen molar-refractivity contribution in [1.82, 2.24) is 9.55 Å². The van der Waals surface area contributed by atoms with Crippen LogP contribution in [0.4, 0.5) is 0 Å². The Balaban J connectivity index is 1.67. The smallest absolute Gasteiger partial charge is 0.355 e. The Kier molecular flexibility index (Phi) is 4.72. The number of hydrogen-bond acceptors (Lipinski definition) is 5. The van der Waals surface area contributed by atoms with E-state index in [1.165, 1.54) is 13.0 Å². The molecule has 1 aromatic carbocycles. The molecule has 0 fully saturated rings. The van der Waals surface area contributed by atoms with Gasteiger partial charge in [0.25, 0.3) is 0 Å². The van der Waals surface area contributed by atoms with Gasteiger partial charge in [0, 0.05) is 29.4 Å². The third kappa shape index (κ3) is 3.80. The predicted molar refractivity (Wildman–Crippen MR) is 91.5 cm³/mol. The summed E-state index contributed by atoms with van der Waals surface area (Å²) in [6.45, 7) is 1.34. The Morgan fingerprint density at radius 3 is 2.64 bits per heavy atom. The van der Waals surface area contributed by atoms with Crippen LogP contribution in [0.25, 0.3) is 11.3 Å². The fraction of sp³-hybridized carbons (Fsp3) is 0.167. The van der Waals surface area contributed by atoms with Gasteiger partial charge in [-0.1, -0.05) is 11.6 Å². The first-order chi connectivity index (χ1) is 11.9. The lowest BCUT2D eigenvalue weighted by atomic mass is 10.2. The predicted octanol–water partition coefficient (Wildman–Crippen LogP) is 3.89. The number of aryl methyl sites for hydroxylation is 1. The van der Waals surface area contributed by atoms with E-state index in [-0.39, 0.29) is 24.0 Å². The molecule has 7 heteroatoms. The lowest BCUT2D eigenvalue weighted by Crippen LogP contribution is -2.09. The summed E-state index contributed by atoms with van der Waals surface area (Å²) in [6.07, 6.45) is 3.14. The van der Waals surface area contributed by atoms with Crippen molar-refractivity contribution in [3.8, 4) is 11.3 Å². The highest BCUT2D eigenvalue weighted by Crippen LogP contribution is 2.22. The quantitative estimate of drug-likeness (QED) is 0.511. The first kappa shape index (κ1) is 17.0. The van der Waals surface area contributed by atoms with Gasteiger partial charge >= 0.3 is 5.97 Å². The molecule has 0 amide bonds. The van der Waals surface area contributed by atoms with Crippen molar-refractivity contribution in [3.05, 3.63) is 64.9 Å². The van der Waals surface area contributed by atoms with Gasteiger partial charge in [0.1, 0.15) is 5.69 Å². The third-order valence-electron chi connectivity index (χ3n) is 3.63. The number of esters is 1. The van der Waals surface area contributed by atoms with Crippen LogP contribution in [0.1, 0.15) is 33.7 Å². The second kappa shape index (κ2) is 6.94. The van der Waals surface area contributed by atoms with Gasteiger partial charge in [0.05, 0.1) is 6.20 Å². The Labute approximate surface area is 149 Å². The van der Waals surface area contributed by atoms with Crippen LogP contribution in [0, 0.1) is 0 Å². The SMILES string of the molecule is CC(=O)c1cc(C(=O)OCc2ncc(-c3ccc(Cl)cc3)o2)n(C)c1. The van der Waals surface area contributed by atoms with Crippen LogP contribution < -0.4 is 0 Å². The number of hydrogen-bond donors (Lipinski definition) is 0. The third-order valence-corrected chi connectivity index (χ3v) is 3.88. The fourth-order valence-electron chi connectivity index (χ4n) is 2.29. The van der Waals surface area contributed by atoms with Crippen LogP contribution in [0.3, 0.4) is 0 Å². The van der Waals surface area contributed by atoms with E-state index in [2.05, 4.69) is 4.98 Å². The molecule has 0 saturated carbocycles. The number of carbonyl (C=O) groups is 2. The summed E-state index contributed by atoms with van der Waals surface area (Å²) in [7, 11) is 1.67. The summed E-state index contributed by atoms with van der Waals surface area (Å²) in [5.41, 5.74) is 1.56. The first-order valence-corrected chi connectivity index (χ1v) is 7.87. The van der Waals surface area contributed by atoms with Gasteiger partial charge < -0.3 is 13.7 Å². The topological polar surface area (TPSA) is 74.3 Å². The first-order valence-electron chi connectivity index (χ1n) is 7.49. The minimum absolute atomic E-state index is 0.104. The van der Waals surface area contributed by atoms with Gasteiger partial charge in [-0.15, -0.1) is 0 Å². The van der Waals surface area contributed by atoms with E-state index in [1.54, 1.807) is 36.1 Å². The van der Waals surface area contributed by atoms with Crippen LogP contribution in [0.5, 0.6) is 0 Å². The maximum absolute atomic E-state index is 12.2. The minimum atomic E-state index is -0.554. The molecular formula is C18H15ClN2O4. The van der Waals surface area contributed by atoms with Crippen molar-refractivity contribution in [2.75, 3.05) is 0 Å². The fourth-order valence-corrected chi connectivity index (χ4v) is 2.41. The average molecular weight is 359 g/mol.